The van der Waals surface area contributed by atoms with Crippen LogP contribution in [0.3, 0.4) is 0 Å². The zero-order valence-electron chi connectivity index (χ0n) is 13.3. The maximum atomic E-state index is 12.2. The van der Waals surface area contributed by atoms with E-state index in [2.05, 4.69) is 10.3 Å². The van der Waals surface area contributed by atoms with Crippen LogP contribution in [0.5, 0.6) is 5.75 Å². The molecule has 1 amide bonds. The summed E-state index contributed by atoms with van der Waals surface area (Å²) in [5.74, 6) is -0.217. The maximum Gasteiger partial charge on any atom is 0.223 e. The van der Waals surface area contributed by atoms with E-state index in [1.807, 2.05) is 31.4 Å². The summed E-state index contributed by atoms with van der Waals surface area (Å²) in [4.78, 5) is 17.4. The van der Waals surface area contributed by atoms with E-state index in [1.54, 1.807) is 24.4 Å². The molecular weight excluding hydrogens is 344 g/mol. The minimum atomic E-state index is -0.469. The number of phenolic OH excluding ortho intramolecular Hbond substituents is 1. The normalized spacial score (nSPS) is 12.5. The minimum Gasteiger partial charge on any atom is -0.505 e. The molecule has 6 heteroatoms. The van der Waals surface area contributed by atoms with Crippen molar-refractivity contribution in [2.45, 2.75) is 19.9 Å². The van der Waals surface area contributed by atoms with Crippen molar-refractivity contribution >= 4 is 39.7 Å². The van der Waals surface area contributed by atoms with Crippen LogP contribution in [-0.2, 0) is 4.79 Å². The molecule has 24 heavy (non-hydrogen) atoms. The third-order valence-electron chi connectivity index (χ3n) is 3.79. The Hall–Kier alpha value is -2.11. The van der Waals surface area contributed by atoms with Crippen molar-refractivity contribution in [2.75, 3.05) is 0 Å². The third-order valence-corrected chi connectivity index (χ3v) is 5.04. The first kappa shape index (κ1) is 16.7. The Bertz CT molecular complexity index is 878. The van der Waals surface area contributed by atoms with Crippen LogP contribution in [0.4, 0.5) is 0 Å². The molecule has 1 aromatic carbocycles. The Morgan fingerprint density at radius 3 is 2.79 bits per heavy atom. The molecule has 0 aliphatic carbocycles. The van der Waals surface area contributed by atoms with Crippen LogP contribution >= 0.6 is 22.9 Å². The number of phenols is 1. The number of pyridine rings is 1. The standard InChI is InChI=1S/C18H17ClN2O2S/c1-10(2)18(23)21-15(14-6-4-8-24-14)12-9-13(19)11-5-3-7-20-16(11)17(12)22/h3-10,15,22H,1-2H3,(H,21,23). The number of hydrogen-bond acceptors (Lipinski definition) is 4. The average Bonchev–Trinajstić information content (AvgIpc) is 3.10. The van der Waals surface area contributed by atoms with E-state index in [4.69, 9.17) is 11.6 Å². The number of carbonyl (C=O) groups is 1. The summed E-state index contributed by atoms with van der Waals surface area (Å²) in [5.41, 5.74) is 0.975. The van der Waals surface area contributed by atoms with Gasteiger partial charge in [-0.2, -0.15) is 0 Å². The smallest absolute Gasteiger partial charge is 0.223 e. The monoisotopic (exact) mass is 360 g/mol. The van der Waals surface area contributed by atoms with Gasteiger partial charge in [-0.15, -0.1) is 11.3 Å². The van der Waals surface area contributed by atoms with Crippen molar-refractivity contribution in [3.05, 3.63) is 57.4 Å². The number of halogens is 1. The summed E-state index contributed by atoms with van der Waals surface area (Å²) in [6.07, 6.45) is 1.61. The number of fused-ring (bicyclic) bond motifs is 1. The number of nitrogens with one attached hydrogen (secondary N) is 1. The second-order valence-electron chi connectivity index (χ2n) is 5.81. The van der Waals surface area contributed by atoms with Crippen molar-refractivity contribution in [1.82, 2.24) is 10.3 Å². The van der Waals surface area contributed by atoms with Crippen LogP contribution in [0, 0.1) is 5.92 Å². The molecule has 3 aromatic rings. The van der Waals surface area contributed by atoms with Gasteiger partial charge in [-0.1, -0.05) is 31.5 Å². The Kier molecular flexibility index (Phi) is 4.73. The fraction of sp³-hybridized carbons (Fsp3) is 0.222. The first-order valence-electron chi connectivity index (χ1n) is 7.59. The van der Waals surface area contributed by atoms with Crippen LogP contribution < -0.4 is 5.32 Å². The van der Waals surface area contributed by atoms with Gasteiger partial charge in [0.15, 0.2) is 0 Å². The molecule has 0 bridgehead atoms. The number of carbonyl (C=O) groups excluding carboxylic acids is 1. The van der Waals surface area contributed by atoms with Gasteiger partial charge in [-0.25, -0.2) is 0 Å². The molecule has 0 saturated carbocycles. The molecule has 0 radical (unpaired) electrons. The summed E-state index contributed by atoms with van der Waals surface area (Å²) in [5, 5.41) is 16.8. The highest BCUT2D eigenvalue weighted by Crippen LogP contribution is 2.39. The molecule has 0 aliphatic heterocycles. The first-order chi connectivity index (χ1) is 11.5. The van der Waals surface area contributed by atoms with Gasteiger partial charge in [0.1, 0.15) is 11.3 Å². The topological polar surface area (TPSA) is 62.2 Å². The third kappa shape index (κ3) is 3.09. The lowest BCUT2D eigenvalue weighted by molar-refractivity contribution is -0.124. The summed E-state index contributed by atoms with van der Waals surface area (Å²) in [6, 6.07) is 8.64. The molecule has 2 heterocycles. The van der Waals surface area contributed by atoms with Crippen LogP contribution in [-0.4, -0.2) is 16.0 Å². The lowest BCUT2D eigenvalue weighted by atomic mass is 10.0. The van der Waals surface area contributed by atoms with Gasteiger partial charge in [0, 0.05) is 27.9 Å². The number of benzene rings is 1. The van der Waals surface area contributed by atoms with E-state index in [9.17, 15) is 9.90 Å². The largest absolute Gasteiger partial charge is 0.505 e. The SMILES string of the molecule is CC(C)C(=O)NC(c1cccs1)c1cc(Cl)c2cccnc2c1O. The second kappa shape index (κ2) is 6.79. The highest BCUT2D eigenvalue weighted by Gasteiger charge is 2.24. The molecule has 1 atom stereocenters. The van der Waals surface area contributed by atoms with Crippen LogP contribution in [0.2, 0.25) is 5.02 Å². The lowest BCUT2D eigenvalue weighted by Gasteiger charge is -2.21. The Morgan fingerprint density at radius 2 is 2.12 bits per heavy atom. The van der Waals surface area contributed by atoms with Crippen molar-refractivity contribution in [3.63, 3.8) is 0 Å². The molecular formula is C18H17ClN2O2S. The predicted octanol–water partition coefficient (Wildman–Crippen LogP) is 4.52. The number of aromatic nitrogens is 1. The Labute approximate surface area is 149 Å². The maximum absolute atomic E-state index is 12.2. The van der Waals surface area contributed by atoms with Gasteiger partial charge >= 0.3 is 0 Å². The van der Waals surface area contributed by atoms with E-state index in [0.29, 0.717) is 21.5 Å². The quantitative estimate of drug-likeness (QED) is 0.719. The average molecular weight is 361 g/mol. The van der Waals surface area contributed by atoms with Crippen molar-refractivity contribution in [1.29, 1.82) is 0 Å². The Balaban J connectivity index is 2.16. The fourth-order valence-corrected chi connectivity index (χ4v) is 3.56. The van der Waals surface area contributed by atoms with Crippen LogP contribution in [0.1, 0.15) is 30.3 Å². The van der Waals surface area contributed by atoms with E-state index < -0.39 is 6.04 Å². The Morgan fingerprint density at radius 1 is 1.33 bits per heavy atom. The molecule has 124 valence electrons. The van der Waals surface area contributed by atoms with Crippen molar-refractivity contribution in [3.8, 4) is 5.75 Å². The van der Waals surface area contributed by atoms with Gasteiger partial charge in [0.2, 0.25) is 5.91 Å². The van der Waals surface area contributed by atoms with E-state index >= 15 is 0 Å². The van der Waals surface area contributed by atoms with Crippen molar-refractivity contribution in [2.24, 2.45) is 5.92 Å². The molecule has 0 saturated heterocycles. The zero-order valence-corrected chi connectivity index (χ0v) is 14.9. The molecule has 2 N–H and O–H groups in total. The number of amides is 1. The minimum absolute atomic E-state index is 0.0393. The summed E-state index contributed by atoms with van der Waals surface area (Å²) < 4.78 is 0. The fourth-order valence-electron chi connectivity index (χ4n) is 2.49. The highest BCUT2D eigenvalue weighted by atomic mass is 35.5. The van der Waals surface area contributed by atoms with Gasteiger partial charge in [-0.05, 0) is 29.6 Å². The summed E-state index contributed by atoms with van der Waals surface area (Å²) >= 11 is 7.89. The van der Waals surface area contributed by atoms with Crippen LogP contribution in [0.15, 0.2) is 41.9 Å². The molecule has 3 rings (SSSR count). The molecule has 0 aliphatic rings. The highest BCUT2D eigenvalue weighted by molar-refractivity contribution is 7.10. The molecule has 0 fully saturated rings. The number of aromatic hydroxyl groups is 1. The van der Waals surface area contributed by atoms with Crippen LogP contribution in [0.25, 0.3) is 10.9 Å². The summed E-state index contributed by atoms with van der Waals surface area (Å²) in [6.45, 7) is 3.66. The molecule has 1 unspecified atom stereocenters. The molecule has 0 spiro atoms. The van der Waals surface area contributed by atoms with E-state index in [1.165, 1.54) is 11.3 Å². The summed E-state index contributed by atoms with van der Waals surface area (Å²) in [7, 11) is 0. The van der Waals surface area contributed by atoms with E-state index in [0.717, 1.165) is 4.88 Å². The van der Waals surface area contributed by atoms with Gasteiger partial charge < -0.3 is 10.4 Å². The molecule has 4 nitrogen and oxygen atoms in total. The first-order valence-corrected chi connectivity index (χ1v) is 8.84. The van der Waals surface area contributed by atoms with Gasteiger partial charge in [-0.3, -0.25) is 9.78 Å². The van der Waals surface area contributed by atoms with Gasteiger partial charge in [0.25, 0.3) is 0 Å². The number of thiophene rings is 1. The predicted molar refractivity (Wildman–Crippen MR) is 97.6 cm³/mol. The molecule has 2 aromatic heterocycles. The van der Waals surface area contributed by atoms with Crippen molar-refractivity contribution < 1.29 is 9.90 Å². The number of hydrogen-bond donors (Lipinski definition) is 2. The second-order valence-corrected chi connectivity index (χ2v) is 7.19. The number of nitrogens with zero attached hydrogens (tertiary/aromatic N) is 1. The zero-order chi connectivity index (χ0) is 17.3. The van der Waals surface area contributed by atoms with Gasteiger partial charge in [0.05, 0.1) is 11.1 Å². The van der Waals surface area contributed by atoms with E-state index in [-0.39, 0.29) is 17.6 Å². The number of rotatable bonds is 4. The lowest BCUT2D eigenvalue weighted by Crippen LogP contribution is -2.32.